The third-order valence-electron chi connectivity index (χ3n) is 2.70. The Morgan fingerprint density at radius 1 is 1.17 bits per heavy atom. The topological polar surface area (TPSA) is 36.4 Å². The van der Waals surface area contributed by atoms with Gasteiger partial charge in [-0.05, 0) is 43.4 Å². The van der Waals surface area contributed by atoms with Gasteiger partial charge in [0.25, 0.3) is 0 Å². The summed E-state index contributed by atoms with van der Waals surface area (Å²) in [5.41, 5.74) is 0. The number of halogens is 5. The molecule has 1 rings (SSSR count). The predicted molar refractivity (Wildman–Crippen MR) is 102 cm³/mol. The molecule has 9 heteroatoms. The third-order valence-corrected chi connectivity index (χ3v) is 3.80. The highest BCUT2D eigenvalue weighted by Gasteiger charge is 2.26. The average Bonchev–Trinajstić information content (AvgIpc) is 2.47. The van der Waals surface area contributed by atoms with E-state index in [1.807, 2.05) is 6.92 Å². The van der Waals surface area contributed by atoms with Crippen LogP contribution in [0, 0.1) is 5.82 Å². The number of nitrogens with zero attached hydrogens (tertiary/aromatic N) is 1. The fraction of sp³-hybridized carbons (Fsp3) is 0.533. The van der Waals surface area contributed by atoms with Gasteiger partial charge >= 0.3 is 6.18 Å². The number of aliphatic imine (C=N–C) groups is 1. The Morgan fingerprint density at radius 2 is 1.83 bits per heavy atom. The van der Waals surface area contributed by atoms with Crippen LogP contribution in [-0.2, 0) is 0 Å². The lowest BCUT2D eigenvalue weighted by Gasteiger charge is -2.12. The lowest BCUT2D eigenvalue weighted by Crippen LogP contribution is -2.39. The van der Waals surface area contributed by atoms with Crippen LogP contribution < -0.4 is 10.6 Å². The molecule has 0 saturated heterocycles. The SMILES string of the molecule is CCNC(=NCCCSc1ccc(F)cc1)NCCC(F)(F)F.I. The minimum Gasteiger partial charge on any atom is -0.357 e. The van der Waals surface area contributed by atoms with Crippen LogP contribution in [0.4, 0.5) is 17.6 Å². The molecule has 3 nitrogen and oxygen atoms in total. The fourth-order valence-electron chi connectivity index (χ4n) is 1.64. The number of benzene rings is 1. The summed E-state index contributed by atoms with van der Waals surface area (Å²) in [6, 6.07) is 6.25. The van der Waals surface area contributed by atoms with Crippen LogP contribution in [-0.4, -0.2) is 37.5 Å². The Kier molecular flexibility index (Phi) is 12.3. The molecule has 0 aliphatic rings. The van der Waals surface area contributed by atoms with Gasteiger partial charge in [0.1, 0.15) is 5.82 Å². The van der Waals surface area contributed by atoms with Crippen molar-refractivity contribution in [3.05, 3.63) is 30.1 Å². The maximum atomic E-state index is 12.8. The zero-order chi connectivity index (χ0) is 17.1. The van der Waals surface area contributed by atoms with E-state index in [0.29, 0.717) is 19.0 Å². The molecule has 2 N–H and O–H groups in total. The van der Waals surface area contributed by atoms with Crippen molar-refractivity contribution >= 4 is 41.7 Å². The van der Waals surface area contributed by atoms with Gasteiger partial charge < -0.3 is 10.6 Å². The maximum absolute atomic E-state index is 12.8. The number of hydrogen-bond acceptors (Lipinski definition) is 2. The number of guanidine groups is 1. The van der Waals surface area contributed by atoms with E-state index in [4.69, 9.17) is 0 Å². The molecule has 0 aliphatic carbocycles. The van der Waals surface area contributed by atoms with Crippen molar-refractivity contribution in [1.82, 2.24) is 10.6 Å². The first-order chi connectivity index (χ1) is 10.9. The van der Waals surface area contributed by atoms with Crippen molar-refractivity contribution in [3.8, 4) is 0 Å². The highest BCUT2D eigenvalue weighted by atomic mass is 127. The summed E-state index contributed by atoms with van der Waals surface area (Å²) in [6.07, 6.45) is -4.29. The van der Waals surface area contributed by atoms with E-state index in [2.05, 4.69) is 15.6 Å². The Morgan fingerprint density at radius 3 is 2.42 bits per heavy atom. The van der Waals surface area contributed by atoms with Gasteiger partial charge in [-0.15, -0.1) is 35.7 Å². The van der Waals surface area contributed by atoms with Crippen LogP contribution >= 0.6 is 35.7 Å². The summed E-state index contributed by atoms with van der Waals surface area (Å²) >= 11 is 1.59. The summed E-state index contributed by atoms with van der Waals surface area (Å²) in [5.74, 6) is 0.930. The molecule has 24 heavy (non-hydrogen) atoms. The number of nitrogens with one attached hydrogen (secondary N) is 2. The van der Waals surface area contributed by atoms with Crippen molar-refractivity contribution in [2.45, 2.75) is 30.8 Å². The molecule has 138 valence electrons. The van der Waals surface area contributed by atoms with Gasteiger partial charge in [-0.3, -0.25) is 4.99 Å². The van der Waals surface area contributed by atoms with Gasteiger partial charge in [0, 0.05) is 24.5 Å². The number of alkyl halides is 3. The Hall–Kier alpha value is -0.710. The number of thioether (sulfide) groups is 1. The molecule has 0 atom stereocenters. The molecule has 0 saturated carbocycles. The number of hydrogen-bond donors (Lipinski definition) is 2. The molecule has 0 heterocycles. The van der Waals surface area contributed by atoms with E-state index >= 15 is 0 Å². The highest BCUT2D eigenvalue weighted by Crippen LogP contribution is 2.19. The fourth-order valence-corrected chi connectivity index (χ4v) is 2.48. The quantitative estimate of drug-likeness (QED) is 0.145. The molecule has 0 radical (unpaired) electrons. The van der Waals surface area contributed by atoms with Crippen molar-refractivity contribution < 1.29 is 17.6 Å². The first-order valence-corrected chi connectivity index (χ1v) is 8.36. The molecule has 0 amide bonds. The van der Waals surface area contributed by atoms with Gasteiger partial charge in [-0.1, -0.05) is 0 Å². The second kappa shape index (κ2) is 12.6. The van der Waals surface area contributed by atoms with Crippen molar-refractivity contribution in [3.63, 3.8) is 0 Å². The average molecular weight is 479 g/mol. The molecule has 0 aliphatic heterocycles. The minimum atomic E-state index is -4.17. The van der Waals surface area contributed by atoms with Crippen molar-refractivity contribution in [2.75, 3.05) is 25.4 Å². The summed E-state index contributed by atoms with van der Waals surface area (Å²) in [6.45, 7) is 2.75. The number of rotatable bonds is 8. The van der Waals surface area contributed by atoms with E-state index in [9.17, 15) is 17.6 Å². The summed E-state index contributed by atoms with van der Waals surface area (Å²) in [4.78, 5) is 5.21. The van der Waals surface area contributed by atoms with Crippen LogP contribution in [0.2, 0.25) is 0 Å². The van der Waals surface area contributed by atoms with E-state index in [1.54, 1.807) is 23.9 Å². The first kappa shape index (κ1) is 23.3. The molecular formula is C15H22F4IN3S. The molecule has 1 aromatic carbocycles. The predicted octanol–water partition coefficient (Wildman–Crippen LogP) is 4.43. The molecular weight excluding hydrogens is 457 g/mol. The first-order valence-electron chi connectivity index (χ1n) is 7.38. The van der Waals surface area contributed by atoms with E-state index < -0.39 is 12.6 Å². The molecule has 0 fully saturated rings. The highest BCUT2D eigenvalue weighted by molar-refractivity contribution is 14.0. The van der Waals surface area contributed by atoms with Crippen LogP contribution in [0.3, 0.4) is 0 Å². The van der Waals surface area contributed by atoms with Gasteiger partial charge in [0.15, 0.2) is 5.96 Å². The lowest BCUT2D eigenvalue weighted by molar-refractivity contribution is -0.132. The summed E-state index contributed by atoms with van der Waals surface area (Å²) in [7, 11) is 0. The second-order valence-corrected chi connectivity index (χ2v) is 5.88. The van der Waals surface area contributed by atoms with Crippen LogP contribution in [0.25, 0.3) is 0 Å². The normalized spacial score (nSPS) is 11.8. The molecule has 0 aromatic heterocycles. The lowest BCUT2D eigenvalue weighted by atomic mass is 10.4. The smallest absolute Gasteiger partial charge is 0.357 e. The van der Waals surface area contributed by atoms with Gasteiger partial charge in [-0.2, -0.15) is 13.2 Å². The van der Waals surface area contributed by atoms with Gasteiger partial charge in [0.2, 0.25) is 0 Å². The monoisotopic (exact) mass is 479 g/mol. The second-order valence-electron chi connectivity index (χ2n) is 4.71. The molecule has 1 aromatic rings. The Bertz CT molecular complexity index is 481. The van der Waals surface area contributed by atoms with Crippen LogP contribution in [0.1, 0.15) is 19.8 Å². The molecule has 0 unspecified atom stereocenters. The zero-order valence-corrected chi connectivity index (χ0v) is 16.5. The van der Waals surface area contributed by atoms with Crippen molar-refractivity contribution in [1.29, 1.82) is 0 Å². The van der Waals surface area contributed by atoms with Gasteiger partial charge in [0.05, 0.1) is 6.42 Å². The van der Waals surface area contributed by atoms with E-state index in [1.165, 1.54) is 12.1 Å². The summed E-state index contributed by atoms with van der Waals surface area (Å²) < 4.78 is 49.1. The van der Waals surface area contributed by atoms with Crippen LogP contribution in [0.5, 0.6) is 0 Å². The largest absolute Gasteiger partial charge is 0.390 e. The van der Waals surface area contributed by atoms with E-state index in [0.717, 1.165) is 17.1 Å². The molecule has 0 spiro atoms. The van der Waals surface area contributed by atoms with Crippen molar-refractivity contribution in [2.24, 2.45) is 4.99 Å². The van der Waals surface area contributed by atoms with Crippen LogP contribution in [0.15, 0.2) is 34.2 Å². The Labute approximate surface area is 161 Å². The van der Waals surface area contributed by atoms with Gasteiger partial charge in [-0.25, -0.2) is 4.39 Å². The third kappa shape index (κ3) is 11.8. The Balaban J connectivity index is 0.00000529. The summed E-state index contributed by atoms with van der Waals surface area (Å²) in [5, 5.41) is 5.57. The zero-order valence-electron chi connectivity index (χ0n) is 13.3. The standard InChI is InChI=1S/C15H21F4N3S.HI/c1-2-20-14(22-10-8-15(17,18)19)21-9-3-11-23-13-6-4-12(16)5-7-13;/h4-7H,2-3,8-11H2,1H3,(H2,20,21,22);1H. The minimum absolute atomic E-state index is 0. The van der Waals surface area contributed by atoms with E-state index in [-0.39, 0.29) is 36.3 Å². The molecule has 0 bridgehead atoms. The maximum Gasteiger partial charge on any atom is 0.390 e.